The van der Waals surface area contributed by atoms with Gasteiger partial charge in [0.1, 0.15) is 5.01 Å². The average molecular weight is 450 g/mol. The molecule has 2 heterocycles. The molecule has 1 aromatic carbocycles. The minimum atomic E-state index is -4.88. The SMILES string of the molecule is C#Cc1cc(-c2csc(-c3ccnc(CC(C)C)c3)n2)ccc1N[S+]([O-])C(F)(F)F. The lowest BCUT2D eigenvalue weighted by molar-refractivity contribution is -0.0428. The molecular weight excluding hydrogens is 431 g/mol. The highest BCUT2D eigenvalue weighted by Crippen LogP contribution is 2.32. The first kappa shape index (κ1) is 22.2. The fourth-order valence-corrected chi connectivity index (χ4v) is 4.07. The third kappa shape index (κ3) is 5.33. The monoisotopic (exact) mass is 449 g/mol. The molecule has 156 valence electrons. The van der Waals surface area contributed by atoms with Crippen LogP contribution in [0.25, 0.3) is 21.8 Å². The lowest BCUT2D eigenvalue weighted by Gasteiger charge is -2.14. The minimum Gasteiger partial charge on any atom is -0.586 e. The molecular formula is C21H18F3N3OS2. The number of terminal acetylenes is 1. The van der Waals surface area contributed by atoms with Crippen LogP contribution < -0.4 is 4.72 Å². The molecule has 4 nitrogen and oxygen atoms in total. The molecule has 3 aromatic rings. The number of rotatable bonds is 6. The van der Waals surface area contributed by atoms with E-state index in [1.54, 1.807) is 18.3 Å². The van der Waals surface area contributed by atoms with Crippen LogP contribution in [0.2, 0.25) is 0 Å². The second kappa shape index (κ2) is 9.08. The van der Waals surface area contributed by atoms with Gasteiger partial charge in [0.05, 0.1) is 16.9 Å². The highest BCUT2D eigenvalue weighted by molar-refractivity contribution is 7.93. The number of alkyl halides is 3. The molecule has 0 amide bonds. The fraction of sp³-hybridized carbons (Fsp3) is 0.238. The van der Waals surface area contributed by atoms with E-state index >= 15 is 0 Å². The Morgan fingerprint density at radius 1 is 1.23 bits per heavy atom. The van der Waals surface area contributed by atoms with Crippen molar-refractivity contribution in [2.75, 3.05) is 4.72 Å². The number of nitrogens with zero attached hydrogens (tertiary/aromatic N) is 2. The van der Waals surface area contributed by atoms with Gasteiger partial charge in [-0.3, -0.25) is 4.98 Å². The molecule has 3 rings (SSSR count). The first-order valence-corrected chi connectivity index (χ1v) is 11.0. The van der Waals surface area contributed by atoms with Crippen molar-refractivity contribution in [2.45, 2.75) is 25.8 Å². The lowest BCUT2D eigenvalue weighted by atomic mass is 10.1. The highest BCUT2D eigenvalue weighted by Gasteiger charge is 2.46. The first-order valence-electron chi connectivity index (χ1n) is 8.94. The number of anilines is 1. The van der Waals surface area contributed by atoms with Gasteiger partial charge in [-0.2, -0.15) is 4.72 Å². The van der Waals surface area contributed by atoms with E-state index in [2.05, 4.69) is 29.7 Å². The second-order valence-corrected chi connectivity index (χ2v) is 8.96. The van der Waals surface area contributed by atoms with E-state index in [1.165, 1.54) is 17.4 Å². The van der Waals surface area contributed by atoms with E-state index in [1.807, 2.05) is 22.2 Å². The summed E-state index contributed by atoms with van der Waals surface area (Å²) < 4.78 is 50.9. The summed E-state index contributed by atoms with van der Waals surface area (Å²) in [6.07, 6.45) is 8.06. The Hall–Kier alpha value is -2.54. The van der Waals surface area contributed by atoms with E-state index in [0.717, 1.165) is 22.7 Å². The van der Waals surface area contributed by atoms with Crippen molar-refractivity contribution in [1.29, 1.82) is 0 Å². The number of nitrogens with one attached hydrogen (secondary N) is 1. The Balaban J connectivity index is 1.86. The predicted octanol–water partition coefficient (Wildman–Crippen LogP) is 5.65. The van der Waals surface area contributed by atoms with Crippen LogP contribution in [-0.4, -0.2) is 20.0 Å². The summed E-state index contributed by atoms with van der Waals surface area (Å²) in [6.45, 7) is 4.25. The van der Waals surface area contributed by atoms with Crippen molar-refractivity contribution in [3.63, 3.8) is 0 Å². The van der Waals surface area contributed by atoms with Gasteiger partial charge >= 0.3 is 5.51 Å². The van der Waals surface area contributed by atoms with Gasteiger partial charge in [-0.1, -0.05) is 25.8 Å². The fourth-order valence-electron chi connectivity index (χ4n) is 2.75. The Bertz CT molecular complexity index is 1070. The van der Waals surface area contributed by atoms with Crippen molar-refractivity contribution in [1.82, 2.24) is 9.97 Å². The number of aromatic nitrogens is 2. The number of halogens is 3. The van der Waals surface area contributed by atoms with Crippen molar-refractivity contribution < 1.29 is 17.7 Å². The first-order chi connectivity index (χ1) is 14.2. The molecule has 1 N–H and O–H groups in total. The molecule has 0 aliphatic carbocycles. The summed E-state index contributed by atoms with van der Waals surface area (Å²) in [7, 11) is 0. The van der Waals surface area contributed by atoms with Gasteiger partial charge in [0.25, 0.3) is 0 Å². The quantitative estimate of drug-likeness (QED) is 0.390. The lowest BCUT2D eigenvalue weighted by Crippen LogP contribution is -2.30. The molecule has 1 unspecified atom stereocenters. The number of benzene rings is 1. The normalized spacial score (nSPS) is 12.6. The summed E-state index contributed by atoms with van der Waals surface area (Å²) >= 11 is -1.79. The molecule has 0 saturated carbocycles. The standard InChI is InChI=1S/C21H18F3N3OS2/c1-4-14-10-15(5-6-18(14)27-30(28)21(22,23)24)19-12-29-20(26-19)16-7-8-25-17(11-16)9-13(2)3/h1,5-8,10-13,27H,9H2,2-3H3. The van der Waals surface area contributed by atoms with E-state index in [4.69, 9.17) is 6.42 Å². The van der Waals surface area contributed by atoms with Crippen LogP contribution in [0.15, 0.2) is 41.9 Å². The summed E-state index contributed by atoms with van der Waals surface area (Å²) in [5, 5.41) is 2.66. The number of pyridine rings is 1. The van der Waals surface area contributed by atoms with Gasteiger partial charge in [0, 0.05) is 28.4 Å². The zero-order valence-corrected chi connectivity index (χ0v) is 17.8. The molecule has 30 heavy (non-hydrogen) atoms. The summed E-state index contributed by atoms with van der Waals surface area (Å²) in [5.41, 5.74) is -1.49. The van der Waals surface area contributed by atoms with Gasteiger partial charge < -0.3 is 4.55 Å². The summed E-state index contributed by atoms with van der Waals surface area (Å²) in [4.78, 5) is 9.02. The molecule has 9 heteroatoms. The molecule has 0 aliphatic rings. The summed E-state index contributed by atoms with van der Waals surface area (Å²) in [6, 6.07) is 8.41. The van der Waals surface area contributed by atoms with Crippen LogP contribution in [0, 0.1) is 18.3 Å². The predicted molar refractivity (Wildman–Crippen MR) is 115 cm³/mol. The average Bonchev–Trinajstić information content (AvgIpc) is 3.17. The molecule has 0 spiro atoms. The molecule has 0 radical (unpaired) electrons. The van der Waals surface area contributed by atoms with Crippen molar-refractivity contribution in [3.8, 4) is 34.2 Å². The maximum Gasteiger partial charge on any atom is 0.598 e. The smallest absolute Gasteiger partial charge is 0.586 e. The van der Waals surface area contributed by atoms with E-state index in [0.29, 0.717) is 17.2 Å². The van der Waals surface area contributed by atoms with Crippen LogP contribution in [0.3, 0.4) is 0 Å². The van der Waals surface area contributed by atoms with Crippen LogP contribution in [-0.2, 0) is 17.8 Å². The molecule has 0 fully saturated rings. The third-order valence-electron chi connectivity index (χ3n) is 4.07. The second-order valence-electron chi connectivity index (χ2n) is 6.89. The zero-order valence-electron chi connectivity index (χ0n) is 16.2. The molecule has 0 aliphatic heterocycles. The summed E-state index contributed by atoms with van der Waals surface area (Å²) in [5.74, 6) is 2.82. The Labute approximate surface area is 179 Å². The van der Waals surface area contributed by atoms with E-state index in [9.17, 15) is 17.7 Å². The van der Waals surface area contributed by atoms with Gasteiger partial charge in [0.15, 0.2) is 11.4 Å². The van der Waals surface area contributed by atoms with E-state index in [-0.39, 0.29) is 11.3 Å². The van der Waals surface area contributed by atoms with Gasteiger partial charge in [0.2, 0.25) is 0 Å². The van der Waals surface area contributed by atoms with Crippen LogP contribution >= 0.6 is 11.3 Å². The van der Waals surface area contributed by atoms with Crippen LogP contribution in [0.1, 0.15) is 25.1 Å². The zero-order chi connectivity index (χ0) is 21.9. The van der Waals surface area contributed by atoms with Crippen LogP contribution in [0.4, 0.5) is 18.9 Å². The number of hydrogen-bond acceptors (Lipinski definition) is 5. The third-order valence-corrected chi connectivity index (χ3v) is 5.79. The Morgan fingerprint density at radius 3 is 2.67 bits per heavy atom. The van der Waals surface area contributed by atoms with Gasteiger partial charge in [-0.25, -0.2) is 4.98 Å². The topological polar surface area (TPSA) is 60.9 Å². The van der Waals surface area contributed by atoms with Gasteiger partial charge in [-0.15, -0.1) is 30.9 Å². The van der Waals surface area contributed by atoms with E-state index < -0.39 is 16.9 Å². The maximum absolute atomic E-state index is 12.5. The minimum absolute atomic E-state index is 0.0279. The highest BCUT2D eigenvalue weighted by atomic mass is 32.2. The van der Waals surface area contributed by atoms with Crippen LogP contribution in [0.5, 0.6) is 0 Å². The molecule has 0 saturated heterocycles. The molecule has 2 aromatic heterocycles. The largest absolute Gasteiger partial charge is 0.598 e. The number of thiazole rings is 1. The van der Waals surface area contributed by atoms with Crippen molar-refractivity contribution in [2.24, 2.45) is 5.92 Å². The number of hydrogen-bond donors (Lipinski definition) is 1. The molecule has 0 bridgehead atoms. The van der Waals surface area contributed by atoms with Gasteiger partial charge in [-0.05, 0) is 36.6 Å². The maximum atomic E-state index is 12.5. The Morgan fingerprint density at radius 2 is 2.00 bits per heavy atom. The Kier molecular flexibility index (Phi) is 6.71. The van der Waals surface area contributed by atoms with Crippen molar-refractivity contribution in [3.05, 3.63) is 53.2 Å². The van der Waals surface area contributed by atoms with Crippen molar-refractivity contribution >= 4 is 28.4 Å². The molecule has 1 atom stereocenters.